The van der Waals surface area contributed by atoms with Crippen molar-refractivity contribution in [3.63, 3.8) is 0 Å². The van der Waals surface area contributed by atoms with Crippen molar-refractivity contribution in [2.45, 2.75) is 18.3 Å². The molecule has 1 aliphatic rings. The molecule has 4 nitrogen and oxygen atoms in total. The van der Waals surface area contributed by atoms with Crippen LogP contribution in [-0.2, 0) is 11.0 Å². The number of carbonyl (C=O) groups is 1. The minimum absolute atomic E-state index is 0.00731. The monoisotopic (exact) mass is 498 g/mol. The maximum atomic E-state index is 13.9. The predicted molar refractivity (Wildman–Crippen MR) is 131 cm³/mol. The van der Waals surface area contributed by atoms with Crippen LogP contribution in [0.25, 0.3) is 0 Å². The van der Waals surface area contributed by atoms with Crippen molar-refractivity contribution in [3.8, 4) is 0 Å². The Morgan fingerprint density at radius 3 is 1.68 bits per heavy atom. The fourth-order valence-electron chi connectivity index (χ4n) is 4.63. The number of hydrogen-bond acceptors (Lipinski definition) is 4. The van der Waals surface area contributed by atoms with Crippen LogP contribution in [0.3, 0.4) is 0 Å². The molecular formula is C25H20F3N3OPS+. The first-order valence-electron chi connectivity index (χ1n) is 10.7. The van der Waals surface area contributed by atoms with E-state index >= 15 is 0 Å². The van der Waals surface area contributed by atoms with Crippen LogP contribution in [0.15, 0.2) is 91.0 Å². The van der Waals surface area contributed by atoms with E-state index in [0.29, 0.717) is 24.3 Å². The number of benzene rings is 3. The van der Waals surface area contributed by atoms with Gasteiger partial charge in [-0.3, -0.25) is 9.69 Å². The van der Waals surface area contributed by atoms with E-state index in [2.05, 4.69) is 46.6 Å². The lowest BCUT2D eigenvalue weighted by molar-refractivity contribution is -0.138. The molecule has 5 rings (SSSR count). The lowest BCUT2D eigenvalue weighted by Gasteiger charge is -2.31. The van der Waals surface area contributed by atoms with Crippen molar-refractivity contribution in [2.75, 3.05) is 11.4 Å². The van der Waals surface area contributed by atoms with E-state index in [1.165, 1.54) is 4.90 Å². The molecule has 0 radical (unpaired) electrons. The molecule has 0 N–H and O–H groups in total. The zero-order valence-corrected chi connectivity index (χ0v) is 19.6. The highest BCUT2D eigenvalue weighted by Crippen LogP contribution is 2.62. The van der Waals surface area contributed by atoms with Gasteiger partial charge in [0.2, 0.25) is 10.1 Å². The van der Waals surface area contributed by atoms with Gasteiger partial charge in [-0.1, -0.05) is 65.9 Å². The molecule has 0 aliphatic carbocycles. The highest BCUT2D eigenvalue weighted by atomic mass is 32.1. The summed E-state index contributed by atoms with van der Waals surface area (Å²) < 4.78 is 39.4. The molecule has 2 heterocycles. The second-order valence-corrected chi connectivity index (χ2v) is 12.5. The summed E-state index contributed by atoms with van der Waals surface area (Å²) >= 11 is 0.411. The lowest BCUT2D eigenvalue weighted by atomic mass is 10.3. The average molecular weight is 498 g/mol. The van der Waals surface area contributed by atoms with E-state index in [1.807, 2.05) is 54.6 Å². The van der Waals surface area contributed by atoms with Crippen LogP contribution in [0.4, 0.5) is 18.3 Å². The Bertz CT molecular complexity index is 1190. The summed E-state index contributed by atoms with van der Waals surface area (Å²) in [6.07, 6.45) is -4.08. The standard InChI is InChI=1S/C25H20F3N3OPS/c26-25(27,28)23-29-30-24(34-23)31-17-16-21(22(31)32)33(18-10-4-1-5-11-18,19-12-6-2-7-13-19)20-14-8-3-9-15-20/h1-15,21H,16-17H2/q+1. The first-order chi connectivity index (χ1) is 16.4. The summed E-state index contributed by atoms with van der Waals surface area (Å²) in [6.45, 7) is 0.296. The number of halogens is 3. The molecule has 1 unspecified atom stereocenters. The molecule has 1 amide bonds. The fourth-order valence-corrected chi connectivity index (χ4v) is 10.2. The van der Waals surface area contributed by atoms with Gasteiger partial charge < -0.3 is 0 Å². The molecule has 1 fully saturated rings. The van der Waals surface area contributed by atoms with Crippen LogP contribution >= 0.6 is 18.6 Å². The van der Waals surface area contributed by atoms with Gasteiger partial charge >= 0.3 is 6.18 Å². The molecule has 0 bridgehead atoms. The van der Waals surface area contributed by atoms with Crippen LogP contribution in [-0.4, -0.2) is 28.3 Å². The molecule has 1 saturated heterocycles. The Labute approximate surface area is 199 Å². The van der Waals surface area contributed by atoms with Crippen molar-refractivity contribution < 1.29 is 18.0 Å². The molecule has 172 valence electrons. The predicted octanol–water partition coefficient (Wildman–Crippen LogP) is 4.66. The van der Waals surface area contributed by atoms with E-state index < -0.39 is 24.1 Å². The number of anilines is 1. The van der Waals surface area contributed by atoms with Gasteiger partial charge in [0.15, 0.2) is 5.66 Å². The summed E-state index contributed by atoms with van der Waals surface area (Å²) in [5.74, 6) is -0.213. The number of nitrogens with zero attached hydrogens (tertiary/aromatic N) is 3. The minimum Gasteiger partial charge on any atom is -0.283 e. The SMILES string of the molecule is O=C1C([P+](c2ccccc2)(c2ccccc2)c2ccccc2)CCN1c1nnc(C(F)(F)F)s1. The van der Waals surface area contributed by atoms with Gasteiger partial charge in [0.25, 0.3) is 5.91 Å². The summed E-state index contributed by atoms with van der Waals surface area (Å²) in [4.78, 5) is 15.3. The number of rotatable bonds is 5. The maximum absolute atomic E-state index is 13.9. The number of carbonyl (C=O) groups excluding carboxylic acids is 1. The van der Waals surface area contributed by atoms with Crippen molar-refractivity contribution >= 4 is 45.6 Å². The molecule has 3 aromatic carbocycles. The van der Waals surface area contributed by atoms with Crippen molar-refractivity contribution in [1.82, 2.24) is 10.2 Å². The Hall–Kier alpha value is -3.09. The lowest BCUT2D eigenvalue weighted by Crippen LogP contribution is -2.42. The van der Waals surface area contributed by atoms with E-state index in [0.717, 1.165) is 15.9 Å². The molecule has 9 heteroatoms. The van der Waals surface area contributed by atoms with E-state index in [4.69, 9.17) is 0 Å². The second kappa shape index (κ2) is 8.93. The molecule has 1 aliphatic heterocycles. The van der Waals surface area contributed by atoms with Crippen molar-refractivity contribution in [3.05, 3.63) is 96.0 Å². The Morgan fingerprint density at radius 2 is 1.26 bits per heavy atom. The number of amides is 1. The summed E-state index contributed by atoms with van der Waals surface area (Å²) in [5, 5.41) is 9.12. The maximum Gasteiger partial charge on any atom is 0.445 e. The summed E-state index contributed by atoms with van der Waals surface area (Å²) in [5.41, 5.74) is -0.432. The average Bonchev–Trinajstić information content (AvgIpc) is 3.50. The third kappa shape index (κ3) is 3.81. The Balaban J connectivity index is 1.67. The van der Waals surface area contributed by atoms with Crippen LogP contribution in [0.1, 0.15) is 11.4 Å². The fraction of sp³-hybridized carbons (Fsp3) is 0.160. The van der Waals surface area contributed by atoms with E-state index in [-0.39, 0.29) is 11.0 Å². The zero-order chi connectivity index (χ0) is 23.8. The smallest absolute Gasteiger partial charge is 0.283 e. The van der Waals surface area contributed by atoms with Crippen molar-refractivity contribution in [2.24, 2.45) is 0 Å². The highest BCUT2D eigenvalue weighted by Gasteiger charge is 2.59. The molecule has 4 aromatic rings. The normalized spacial score (nSPS) is 16.7. The first-order valence-corrected chi connectivity index (χ1v) is 13.4. The van der Waals surface area contributed by atoms with E-state index in [1.54, 1.807) is 0 Å². The number of hydrogen-bond donors (Lipinski definition) is 0. The summed E-state index contributed by atoms with van der Waals surface area (Å²) in [6, 6.07) is 29.9. The molecule has 0 saturated carbocycles. The first kappa shape index (κ1) is 22.7. The van der Waals surface area contributed by atoms with Crippen LogP contribution in [0, 0.1) is 0 Å². The topological polar surface area (TPSA) is 46.1 Å². The molecular weight excluding hydrogens is 478 g/mol. The molecule has 1 atom stereocenters. The van der Waals surface area contributed by atoms with Crippen LogP contribution in [0.2, 0.25) is 0 Å². The third-order valence-corrected chi connectivity index (χ3v) is 11.8. The van der Waals surface area contributed by atoms with Crippen molar-refractivity contribution in [1.29, 1.82) is 0 Å². The van der Waals surface area contributed by atoms with E-state index in [9.17, 15) is 18.0 Å². The van der Waals surface area contributed by atoms with Gasteiger partial charge in [0.1, 0.15) is 23.2 Å². The number of alkyl halides is 3. The number of aromatic nitrogens is 2. The third-order valence-electron chi connectivity index (χ3n) is 6.02. The van der Waals surface area contributed by atoms with Crippen LogP contribution < -0.4 is 20.8 Å². The Morgan fingerprint density at radius 1 is 0.794 bits per heavy atom. The molecule has 0 spiro atoms. The summed E-state index contributed by atoms with van der Waals surface area (Å²) in [7, 11) is -2.50. The van der Waals surface area contributed by atoms with Gasteiger partial charge in [-0.05, 0) is 36.4 Å². The molecule has 34 heavy (non-hydrogen) atoms. The largest absolute Gasteiger partial charge is 0.445 e. The molecule has 1 aromatic heterocycles. The van der Waals surface area contributed by atoms with Gasteiger partial charge in [-0.2, -0.15) is 13.2 Å². The second-order valence-electron chi connectivity index (χ2n) is 7.91. The van der Waals surface area contributed by atoms with Gasteiger partial charge in [0, 0.05) is 13.0 Å². The van der Waals surface area contributed by atoms with Gasteiger partial charge in [-0.15, -0.1) is 10.2 Å². The van der Waals surface area contributed by atoms with Crippen LogP contribution in [0.5, 0.6) is 0 Å². The highest BCUT2D eigenvalue weighted by molar-refractivity contribution is 7.97. The zero-order valence-electron chi connectivity index (χ0n) is 17.9. The Kier molecular flexibility index (Phi) is 5.96. The minimum atomic E-state index is -4.59. The van der Waals surface area contributed by atoms with Gasteiger partial charge in [-0.25, -0.2) is 0 Å². The van der Waals surface area contributed by atoms with Gasteiger partial charge in [0.05, 0.1) is 0 Å². The quantitative estimate of drug-likeness (QED) is 0.376.